The molecule has 148 valence electrons. The van der Waals surface area contributed by atoms with Gasteiger partial charge in [-0.05, 0) is 49.1 Å². The number of benzene rings is 2. The van der Waals surface area contributed by atoms with Gasteiger partial charge < -0.3 is 25.9 Å². The van der Waals surface area contributed by atoms with Crippen LogP contribution in [0.25, 0.3) is 11.1 Å². The van der Waals surface area contributed by atoms with Crippen molar-refractivity contribution in [2.24, 2.45) is 11.6 Å². The van der Waals surface area contributed by atoms with Gasteiger partial charge in [0.05, 0.1) is 5.02 Å². The molecule has 0 unspecified atom stereocenters. The summed E-state index contributed by atoms with van der Waals surface area (Å²) in [7, 11) is 0. The fourth-order valence-corrected chi connectivity index (χ4v) is 3.49. The normalized spacial score (nSPS) is 15.0. The number of carboxylic acids is 1. The largest absolute Gasteiger partial charge is 0.476 e. The Balaban J connectivity index is 1.78. The predicted octanol–water partition coefficient (Wildman–Crippen LogP) is 3.05. The molecule has 6 N–H and O–H groups in total. The van der Waals surface area contributed by atoms with Crippen molar-refractivity contribution in [3.8, 4) is 16.9 Å². The van der Waals surface area contributed by atoms with Gasteiger partial charge in [0, 0.05) is 30.4 Å². The number of rotatable bonds is 6. The zero-order chi connectivity index (χ0) is 20.1. The van der Waals surface area contributed by atoms with Crippen molar-refractivity contribution in [3.63, 3.8) is 0 Å². The maximum Gasteiger partial charge on any atom is 0.358 e. The van der Waals surface area contributed by atoms with Crippen LogP contribution in [0.15, 0.2) is 54.0 Å². The molecular formula is C20H23ClN4O3. The molecule has 0 spiro atoms. The minimum atomic E-state index is -1.32. The Hall–Kier alpha value is -2.90. The lowest BCUT2D eigenvalue weighted by Crippen LogP contribution is -2.31. The smallest absolute Gasteiger partial charge is 0.358 e. The van der Waals surface area contributed by atoms with E-state index in [-0.39, 0.29) is 5.88 Å². The van der Waals surface area contributed by atoms with Gasteiger partial charge in [-0.2, -0.15) is 0 Å². The van der Waals surface area contributed by atoms with Crippen LogP contribution < -0.4 is 26.6 Å². The van der Waals surface area contributed by atoms with E-state index in [0.717, 1.165) is 24.2 Å². The van der Waals surface area contributed by atoms with E-state index in [2.05, 4.69) is 17.0 Å². The Morgan fingerprint density at radius 3 is 2.36 bits per heavy atom. The van der Waals surface area contributed by atoms with Crippen LogP contribution in [0.1, 0.15) is 19.3 Å². The molecule has 0 saturated carbocycles. The van der Waals surface area contributed by atoms with Gasteiger partial charge in [-0.1, -0.05) is 23.7 Å². The molecule has 1 heterocycles. The van der Waals surface area contributed by atoms with Crippen LogP contribution in [0.4, 0.5) is 5.69 Å². The summed E-state index contributed by atoms with van der Waals surface area (Å²) in [6, 6.07) is 13.3. The number of hydrogen-bond donors (Lipinski definition) is 4. The van der Waals surface area contributed by atoms with Gasteiger partial charge in [0.15, 0.2) is 5.70 Å². The monoisotopic (exact) mass is 402 g/mol. The number of hydrazine groups is 1. The van der Waals surface area contributed by atoms with Gasteiger partial charge in [-0.15, -0.1) is 0 Å². The average Bonchev–Trinajstić information content (AvgIpc) is 2.69. The molecule has 28 heavy (non-hydrogen) atoms. The van der Waals surface area contributed by atoms with Gasteiger partial charge in [-0.3, -0.25) is 5.84 Å². The number of ether oxygens (including phenoxy) is 1. The van der Waals surface area contributed by atoms with Crippen molar-refractivity contribution in [2.45, 2.75) is 19.3 Å². The molecule has 1 aliphatic rings. The van der Waals surface area contributed by atoms with Crippen LogP contribution in [-0.2, 0) is 4.79 Å². The molecule has 0 atom stereocenters. The van der Waals surface area contributed by atoms with E-state index < -0.39 is 11.7 Å². The molecule has 1 aliphatic heterocycles. The van der Waals surface area contributed by atoms with Gasteiger partial charge in [0.1, 0.15) is 5.75 Å². The maximum absolute atomic E-state index is 11.0. The second-order valence-electron chi connectivity index (χ2n) is 6.53. The molecule has 7 nitrogen and oxygen atoms in total. The van der Waals surface area contributed by atoms with Gasteiger partial charge in [0.25, 0.3) is 0 Å². The molecule has 0 radical (unpaired) electrons. The highest BCUT2D eigenvalue weighted by molar-refractivity contribution is 6.33. The summed E-state index contributed by atoms with van der Waals surface area (Å²) in [6.45, 7) is 2.19. The van der Waals surface area contributed by atoms with Crippen molar-refractivity contribution in [2.75, 3.05) is 18.0 Å². The van der Waals surface area contributed by atoms with Crippen molar-refractivity contribution in [1.29, 1.82) is 0 Å². The van der Waals surface area contributed by atoms with Crippen LogP contribution >= 0.6 is 11.6 Å². The third kappa shape index (κ3) is 4.49. The number of aliphatic carboxylic acids is 1. The summed E-state index contributed by atoms with van der Waals surface area (Å²) < 4.78 is 5.34. The number of anilines is 1. The van der Waals surface area contributed by atoms with Crippen LogP contribution in [-0.4, -0.2) is 24.2 Å². The Morgan fingerprint density at radius 1 is 1.11 bits per heavy atom. The van der Waals surface area contributed by atoms with E-state index >= 15 is 0 Å². The molecule has 2 aromatic rings. The molecule has 1 fully saturated rings. The van der Waals surface area contributed by atoms with Crippen molar-refractivity contribution in [1.82, 2.24) is 5.43 Å². The number of nitrogens with zero attached hydrogens (tertiary/aromatic N) is 1. The van der Waals surface area contributed by atoms with Crippen LogP contribution in [0, 0.1) is 0 Å². The fourth-order valence-electron chi connectivity index (χ4n) is 3.21. The highest BCUT2D eigenvalue weighted by atomic mass is 35.5. The first-order valence-corrected chi connectivity index (χ1v) is 9.40. The third-order valence-corrected chi connectivity index (χ3v) is 4.99. The summed E-state index contributed by atoms with van der Waals surface area (Å²) in [5.41, 5.74) is 10.2. The second kappa shape index (κ2) is 8.86. The predicted molar refractivity (Wildman–Crippen MR) is 110 cm³/mol. The maximum atomic E-state index is 11.0. The summed E-state index contributed by atoms with van der Waals surface area (Å²) in [4.78, 5) is 13.4. The number of carboxylic acid groups (broad SMARTS) is 1. The Labute approximate surface area is 168 Å². The topological polar surface area (TPSA) is 114 Å². The number of carbonyl (C=O) groups is 1. The molecular weight excluding hydrogens is 380 g/mol. The number of piperidine rings is 1. The second-order valence-corrected chi connectivity index (χ2v) is 6.93. The SMILES string of the molecule is NN/C(C(=O)O)=C(\N)Oc1ccc(-c2ccc(N3CCCCC3)cc2)c(Cl)c1. The highest BCUT2D eigenvalue weighted by Gasteiger charge is 2.14. The number of hydrogen-bond acceptors (Lipinski definition) is 6. The van der Waals surface area contributed by atoms with E-state index in [1.807, 2.05) is 17.6 Å². The lowest BCUT2D eigenvalue weighted by atomic mass is 10.0. The summed E-state index contributed by atoms with van der Waals surface area (Å²) in [5.74, 6) is 3.78. The average molecular weight is 403 g/mol. The van der Waals surface area contributed by atoms with Gasteiger partial charge >= 0.3 is 5.97 Å². The van der Waals surface area contributed by atoms with E-state index in [4.69, 9.17) is 33.0 Å². The Kier molecular flexibility index (Phi) is 6.28. The van der Waals surface area contributed by atoms with Crippen molar-refractivity contribution < 1.29 is 14.6 Å². The molecule has 2 aromatic carbocycles. The lowest BCUT2D eigenvalue weighted by Gasteiger charge is -2.28. The quantitative estimate of drug-likeness (QED) is 0.254. The Morgan fingerprint density at radius 2 is 1.79 bits per heavy atom. The van der Waals surface area contributed by atoms with Crippen LogP contribution in [0.3, 0.4) is 0 Å². The zero-order valence-corrected chi connectivity index (χ0v) is 16.1. The van der Waals surface area contributed by atoms with Gasteiger partial charge in [0.2, 0.25) is 5.88 Å². The molecule has 3 rings (SSSR count). The van der Waals surface area contributed by atoms with Crippen molar-refractivity contribution in [3.05, 3.63) is 59.1 Å². The fraction of sp³-hybridized carbons (Fsp3) is 0.250. The first-order chi connectivity index (χ1) is 13.5. The number of halogens is 1. The molecule has 0 bridgehead atoms. The minimum Gasteiger partial charge on any atom is -0.476 e. The first kappa shape index (κ1) is 19.9. The standard InChI is InChI=1S/C20H23ClN4O3/c21-17-12-15(28-19(22)18(24-23)20(26)27)8-9-16(17)13-4-6-14(7-5-13)25-10-2-1-3-11-25/h4-9,12,24H,1-3,10-11,22-23H2,(H,26,27)/b19-18+. The Bertz CT molecular complexity index is 878. The summed E-state index contributed by atoms with van der Waals surface area (Å²) >= 11 is 6.41. The molecule has 0 aromatic heterocycles. The molecule has 0 aliphatic carbocycles. The van der Waals surface area contributed by atoms with Crippen LogP contribution in [0.2, 0.25) is 5.02 Å². The minimum absolute atomic E-state index is 0.310. The molecule has 1 saturated heterocycles. The lowest BCUT2D eigenvalue weighted by molar-refractivity contribution is -0.133. The first-order valence-electron chi connectivity index (χ1n) is 9.02. The summed E-state index contributed by atoms with van der Waals surface area (Å²) in [5, 5.41) is 9.46. The zero-order valence-electron chi connectivity index (χ0n) is 15.3. The van der Waals surface area contributed by atoms with E-state index in [1.54, 1.807) is 18.2 Å². The van der Waals surface area contributed by atoms with Gasteiger partial charge in [-0.25, -0.2) is 4.79 Å². The molecule has 8 heteroatoms. The van der Waals surface area contributed by atoms with E-state index in [9.17, 15) is 4.79 Å². The van der Waals surface area contributed by atoms with Crippen molar-refractivity contribution >= 4 is 23.3 Å². The van der Waals surface area contributed by atoms with Crippen LogP contribution in [0.5, 0.6) is 5.75 Å². The summed E-state index contributed by atoms with van der Waals surface area (Å²) in [6.07, 6.45) is 3.76. The number of nitrogens with two attached hydrogens (primary N) is 2. The highest BCUT2D eigenvalue weighted by Crippen LogP contribution is 2.33. The number of nitrogens with one attached hydrogen (secondary N) is 1. The van der Waals surface area contributed by atoms with E-state index in [1.165, 1.54) is 24.9 Å². The molecule has 0 amide bonds. The van der Waals surface area contributed by atoms with E-state index in [0.29, 0.717) is 10.8 Å². The third-order valence-electron chi connectivity index (χ3n) is 4.67.